The lowest BCUT2D eigenvalue weighted by atomic mass is 9.80. The highest BCUT2D eigenvalue weighted by Crippen LogP contribution is 2.36. The van der Waals surface area contributed by atoms with E-state index in [1.165, 1.54) is 4.90 Å². The SMILES string of the molecule is COc1cc(CC2COS(=O)OC2)ccc1O[C@@H]1CCN(C(=O)O)[C@@H](C(C)(C)C)C1. The molecule has 9 heteroatoms. The minimum absolute atomic E-state index is 0.0836. The molecule has 2 saturated heterocycles. The van der Waals surface area contributed by atoms with Crippen LogP contribution in [0.5, 0.6) is 11.5 Å². The molecule has 0 unspecified atom stereocenters. The number of piperidine rings is 1. The van der Waals surface area contributed by atoms with E-state index >= 15 is 0 Å². The maximum absolute atomic E-state index is 11.6. The van der Waals surface area contributed by atoms with E-state index in [4.69, 9.17) is 17.8 Å². The van der Waals surface area contributed by atoms with E-state index in [0.29, 0.717) is 44.1 Å². The van der Waals surface area contributed by atoms with Gasteiger partial charge in [0.1, 0.15) is 6.10 Å². The maximum atomic E-state index is 11.6. The summed E-state index contributed by atoms with van der Waals surface area (Å²) in [5, 5.41) is 9.54. The average molecular weight is 442 g/mol. The zero-order valence-electron chi connectivity index (χ0n) is 18.0. The summed E-state index contributed by atoms with van der Waals surface area (Å²) in [5.41, 5.74) is 0.875. The molecule has 2 atom stereocenters. The minimum Gasteiger partial charge on any atom is -0.493 e. The van der Waals surface area contributed by atoms with Gasteiger partial charge in [0.25, 0.3) is 0 Å². The van der Waals surface area contributed by atoms with Gasteiger partial charge in [-0.3, -0.25) is 8.37 Å². The minimum atomic E-state index is -1.63. The molecule has 1 aromatic carbocycles. The molecular weight excluding hydrogens is 410 g/mol. The largest absolute Gasteiger partial charge is 0.493 e. The number of hydrogen-bond donors (Lipinski definition) is 1. The summed E-state index contributed by atoms with van der Waals surface area (Å²) in [6.07, 6.45) is 1.03. The summed E-state index contributed by atoms with van der Waals surface area (Å²) in [6.45, 7) is 7.40. The Labute approximate surface area is 180 Å². The number of hydrogen-bond acceptors (Lipinski definition) is 6. The van der Waals surface area contributed by atoms with Crippen LogP contribution in [0, 0.1) is 11.3 Å². The van der Waals surface area contributed by atoms with Crippen molar-refractivity contribution < 1.29 is 31.9 Å². The van der Waals surface area contributed by atoms with Crippen molar-refractivity contribution in [1.82, 2.24) is 4.90 Å². The third-order valence-corrected chi connectivity index (χ3v) is 6.30. The van der Waals surface area contributed by atoms with Gasteiger partial charge >= 0.3 is 17.5 Å². The van der Waals surface area contributed by atoms with Crippen LogP contribution in [0.3, 0.4) is 0 Å². The molecule has 0 spiro atoms. The van der Waals surface area contributed by atoms with Crippen LogP contribution >= 0.6 is 0 Å². The number of benzene rings is 1. The number of ether oxygens (including phenoxy) is 2. The van der Waals surface area contributed by atoms with Gasteiger partial charge in [0.05, 0.1) is 20.3 Å². The van der Waals surface area contributed by atoms with Crippen LogP contribution in [-0.2, 0) is 26.1 Å². The van der Waals surface area contributed by atoms with Gasteiger partial charge in [-0.2, -0.15) is 4.21 Å². The summed E-state index contributed by atoms with van der Waals surface area (Å²) >= 11 is -1.63. The Hall–Kier alpha value is -1.84. The summed E-state index contributed by atoms with van der Waals surface area (Å²) in [7, 11) is 1.60. The third kappa shape index (κ3) is 5.65. The molecule has 1 N–H and O–H groups in total. The number of amides is 1. The molecule has 0 bridgehead atoms. The second kappa shape index (κ2) is 9.53. The molecule has 2 fully saturated rings. The number of carbonyl (C=O) groups is 1. The molecule has 168 valence electrons. The van der Waals surface area contributed by atoms with E-state index < -0.39 is 17.5 Å². The Bertz CT molecular complexity index is 769. The first-order chi connectivity index (χ1) is 14.2. The molecule has 8 nitrogen and oxygen atoms in total. The maximum Gasteiger partial charge on any atom is 0.407 e. The Kier molecular flexibility index (Phi) is 7.26. The van der Waals surface area contributed by atoms with Crippen LogP contribution in [0.4, 0.5) is 4.79 Å². The fourth-order valence-electron chi connectivity index (χ4n) is 4.04. The zero-order chi connectivity index (χ0) is 21.9. The molecule has 0 aromatic heterocycles. The molecule has 2 heterocycles. The molecule has 2 aliphatic rings. The molecule has 1 aromatic rings. The molecule has 0 saturated carbocycles. The summed E-state index contributed by atoms with van der Waals surface area (Å²) in [4.78, 5) is 13.2. The highest BCUT2D eigenvalue weighted by atomic mass is 32.2. The van der Waals surface area contributed by atoms with Crippen LogP contribution in [-0.4, -0.2) is 59.3 Å². The summed E-state index contributed by atoms with van der Waals surface area (Å²) in [5.74, 6) is 1.42. The van der Waals surface area contributed by atoms with Gasteiger partial charge in [-0.25, -0.2) is 4.79 Å². The molecule has 2 aliphatic heterocycles. The average Bonchev–Trinajstić information content (AvgIpc) is 2.70. The zero-order valence-corrected chi connectivity index (χ0v) is 18.8. The van der Waals surface area contributed by atoms with Crippen molar-refractivity contribution >= 4 is 17.5 Å². The molecule has 0 aliphatic carbocycles. The number of likely N-dealkylation sites (tertiary alicyclic amines) is 1. The number of methoxy groups -OCH3 is 1. The normalized spacial score (nSPS) is 27.5. The molecular formula is C21H31NO7S. The third-order valence-electron chi connectivity index (χ3n) is 5.65. The smallest absolute Gasteiger partial charge is 0.407 e. The number of rotatable bonds is 5. The Morgan fingerprint density at radius 1 is 1.27 bits per heavy atom. The lowest BCUT2D eigenvalue weighted by Gasteiger charge is -2.44. The van der Waals surface area contributed by atoms with Gasteiger partial charge in [0, 0.05) is 31.3 Å². The second-order valence-electron chi connectivity index (χ2n) is 8.95. The topological polar surface area (TPSA) is 94.5 Å². The lowest BCUT2D eigenvalue weighted by Crippen LogP contribution is -2.53. The second-order valence-corrected chi connectivity index (χ2v) is 9.83. The van der Waals surface area contributed by atoms with Crippen LogP contribution < -0.4 is 9.47 Å². The van der Waals surface area contributed by atoms with Crippen molar-refractivity contribution in [2.24, 2.45) is 11.3 Å². The van der Waals surface area contributed by atoms with E-state index in [0.717, 1.165) is 12.0 Å². The fourth-order valence-corrected chi connectivity index (χ4v) is 4.72. The summed E-state index contributed by atoms with van der Waals surface area (Å²) < 4.78 is 33.0. The molecule has 1 amide bonds. The monoisotopic (exact) mass is 441 g/mol. The lowest BCUT2D eigenvalue weighted by molar-refractivity contribution is 0.0123. The van der Waals surface area contributed by atoms with Crippen molar-refractivity contribution in [1.29, 1.82) is 0 Å². The van der Waals surface area contributed by atoms with E-state index in [2.05, 4.69) is 20.8 Å². The van der Waals surface area contributed by atoms with Crippen LogP contribution in [0.15, 0.2) is 18.2 Å². The van der Waals surface area contributed by atoms with Crippen LogP contribution in [0.1, 0.15) is 39.2 Å². The number of carboxylic acid groups (broad SMARTS) is 1. The van der Waals surface area contributed by atoms with Crippen molar-refractivity contribution in [2.45, 2.75) is 52.2 Å². The first-order valence-corrected chi connectivity index (χ1v) is 11.2. The van der Waals surface area contributed by atoms with Crippen LogP contribution in [0.25, 0.3) is 0 Å². The molecule has 3 rings (SSSR count). The van der Waals surface area contributed by atoms with Gasteiger partial charge in [-0.05, 0) is 29.5 Å². The van der Waals surface area contributed by atoms with Crippen molar-refractivity contribution in [2.75, 3.05) is 26.9 Å². The quantitative estimate of drug-likeness (QED) is 0.748. The van der Waals surface area contributed by atoms with Gasteiger partial charge in [0.2, 0.25) is 0 Å². The predicted molar refractivity (Wildman–Crippen MR) is 112 cm³/mol. The van der Waals surface area contributed by atoms with Gasteiger partial charge in [0.15, 0.2) is 11.5 Å². The predicted octanol–water partition coefficient (Wildman–Crippen LogP) is 3.42. The van der Waals surface area contributed by atoms with E-state index in [-0.39, 0.29) is 23.5 Å². The molecule has 30 heavy (non-hydrogen) atoms. The van der Waals surface area contributed by atoms with Crippen molar-refractivity contribution in [3.63, 3.8) is 0 Å². The van der Waals surface area contributed by atoms with E-state index in [1.54, 1.807) is 7.11 Å². The standard InChI is InChI=1S/C21H31NO7S/c1-21(2,3)19-11-16(7-8-22(19)20(23)24)29-17-6-5-14(10-18(17)26-4)9-15-12-27-30(25)28-13-15/h5-6,10,15-16,19H,7-9,11-13H2,1-4H3,(H,23,24)/t15?,16-,19-,30?/m1/s1. The Morgan fingerprint density at radius 3 is 2.57 bits per heavy atom. The van der Waals surface area contributed by atoms with Gasteiger partial charge in [-0.15, -0.1) is 0 Å². The van der Waals surface area contributed by atoms with Gasteiger partial charge < -0.3 is 19.5 Å². The van der Waals surface area contributed by atoms with E-state index in [9.17, 15) is 14.1 Å². The summed E-state index contributed by atoms with van der Waals surface area (Å²) in [6, 6.07) is 5.70. The van der Waals surface area contributed by atoms with Crippen molar-refractivity contribution in [3.8, 4) is 11.5 Å². The van der Waals surface area contributed by atoms with E-state index in [1.807, 2.05) is 18.2 Å². The Morgan fingerprint density at radius 2 is 1.97 bits per heavy atom. The first kappa shape index (κ1) is 22.8. The highest BCUT2D eigenvalue weighted by molar-refractivity contribution is 7.75. The first-order valence-electron chi connectivity index (χ1n) is 10.2. The number of nitrogens with zero attached hydrogens (tertiary/aromatic N) is 1. The fraction of sp³-hybridized carbons (Fsp3) is 0.667. The van der Waals surface area contributed by atoms with Gasteiger partial charge in [-0.1, -0.05) is 26.8 Å². The van der Waals surface area contributed by atoms with Crippen molar-refractivity contribution in [3.05, 3.63) is 23.8 Å². The van der Waals surface area contributed by atoms with Crippen LogP contribution in [0.2, 0.25) is 0 Å². The Balaban J connectivity index is 1.67. The molecule has 0 radical (unpaired) electrons. The highest BCUT2D eigenvalue weighted by Gasteiger charge is 2.39.